The van der Waals surface area contributed by atoms with E-state index in [1.54, 1.807) is 65.4 Å². The molecule has 1 N–H and O–H groups in total. The predicted octanol–water partition coefficient (Wildman–Crippen LogP) is 5.96. The summed E-state index contributed by atoms with van der Waals surface area (Å²) in [6, 6.07) is 21.0. The molecule has 8 nitrogen and oxygen atoms in total. The van der Waals surface area contributed by atoms with E-state index >= 15 is 0 Å². The lowest BCUT2D eigenvalue weighted by Gasteiger charge is -2.13. The maximum atomic E-state index is 13.1. The molecular formula is C29H22ClN3O5S. The van der Waals surface area contributed by atoms with Crippen LogP contribution in [-0.2, 0) is 27.4 Å². The predicted molar refractivity (Wildman–Crippen MR) is 151 cm³/mol. The van der Waals surface area contributed by atoms with Crippen LogP contribution in [0.5, 0.6) is 0 Å². The number of hydrogen-bond acceptors (Lipinski definition) is 6. The lowest BCUT2D eigenvalue weighted by atomic mass is 10.1. The zero-order chi connectivity index (χ0) is 27.5. The minimum absolute atomic E-state index is 0.0150. The molecule has 1 aliphatic rings. The first-order chi connectivity index (χ1) is 18.8. The topological polar surface area (TPSA) is 97.7 Å². The molecule has 2 heterocycles. The van der Waals surface area contributed by atoms with Gasteiger partial charge in [-0.15, -0.1) is 0 Å². The zero-order valence-electron chi connectivity index (χ0n) is 20.7. The number of rotatable bonds is 7. The van der Waals surface area contributed by atoms with Crippen LogP contribution < -0.4 is 5.32 Å². The van der Waals surface area contributed by atoms with Crippen LogP contribution in [0.3, 0.4) is 0 Å². The third-order valence-electron chi connectivity index (χ3n) is 6.17. The fourth-order valence-corrected chi connectivity index (χ4v) is 5.28. The van der Waals surface area contributed by atoms with Gasteiger partial charge < -0.3 is 14.6 Å². The summed E-state index contributed by atoms with van der Waals surface area (Å²) in [4.78, 5) is 51.7. The Morgan fingerprint density at radius 2 is 1.72 bits per heavy atom. The highest BCUT2D eigenvalue weighted by molar-refractivity contribution is 8.18. The standard InChI is InChI=1S/C29H22ClN3O5S/c1-38-28(36)18-10-12-21(13-11-18)31-26(34)17-32-15-20(22-7-3-5-9-24(22)32)14-25-27(35)33(29(37)39-25)16-19-6-2-4-8-23(19)30/h2-15H,16-17H2,1H3,(H,31,34)/b25-14-. The minimum atomic E-state index is -0.457. The molecule has 0 radical (unpaired) electrons. The molecule has 1 aliphatic heterocycles. The van der Waals surface area contributed by atoms with Crippen molar-refractivity contribution in [2.45, 2.75) is 13.1 Å². The Bertz CT molecular complexity index is 1640. The number of amides is 3. The van der Waals surface area contributed by atoms with Gasteiger partial charge in [0.15, 0.2) is 0 Å². The molecular weight excluding hydrogens is 538 g/mol. The Kier molecular flexibility index (Phi) is 7.53. The summed E-state index contributed by atoms with van der Waals surface area (Å²) >= 11 is 7.10. The Labute approximate surface area is 233 Å². The normalized spacial score (nSPS) is 14.3. The molecule has 0 saturated carbocycles. The minimum Gasteiger partial charge on any atom is -0.465 e. The van der Waals surface area contributed by atoms with Crippen LogP contribution in [0.15, 0.2) is 83.9 Å². The van der Waals surface area contributed by atoms with Gasteiger partial charge in [0.1, 0.15) is 6.54 Å². The summed E-state index contributed by atoms with van der Waals surface area (Å²) in [5.74, 6) is -1.12. The summed E-state index contributed by atoms with van der Waals surface area (Å²) in [7, 11) is 1.31. The maximum absolute atomic E-state index is 13.1. The zero-order valence-corrected chi connectivity index (χ0v) is 22.3. The molecule has 0 unspecified atom stereocenters. The van der Waals surface area contributed by atoms with Crippen molar-refractivity contribution in [1.82, 2.24) is 9.47 Å². The number of hydrogen-bond donors (Lipinski definition) is 1. The molecule has 1 aromatic heterocycles. The number of esters is 1. The molecule has 10 heteroatoms. The first-order valence-electron chi connectivity index (χ1n) is 11.9. The summed E-state index contributed by atoms with van der Waals surface area (Å²) in [6.45, 7) is 0.102. The van der Waals surface area contributed by atoms with Crippen molar-refractivity contribution in [2.75, 3.05) is 12.4 Å². The van der Waals surface area contributed by atoms with Crippen LogP contribution >= 0.6 is 23.4 Å². The third kappa shape index (κ3) is 5.59. The van der Waals surface area contributed by atoms with Gasteiger partial charge in [0.25, 0.3) is 11.1 Å². The largest absolute Gasteiger partial charge is 0.465 e. The van der Waals surface area contributed by atoms with Crippen molar-refractivity contribution >= 4 is 69.1 Å². The Hall–Kier alpha value is -4.34. The number of para-hydroxylation sites is 1. The number of halogens is 1. The van der Waals surface area contributed by atoms with Crippen LogP contribution in [0.4, 0.5) is 10.5 Å². The van der Waals surface area contributed by atoms with Gasteiger partial charge in [-0.25, -0.2) is 4.79 Å². The highest BCUT2D eigenvalue weighted by Crippen LogP contribution is 2.35. The van der Waals surface area contributed by atoms with Crippen molar-refractivity contribution in [1.29, 1.82) is 0 Å². The second-order valence-corrected chi connectivity index (χ2v) is 10.1. The van der Waals surface area contributed by atoms with Crippen LogP contribution in [-0.4, -0.2) is 39.6 Å². The number of nitrogens with one attached hydrogen (secondary N) is 1. The smallest absolute Gasteiger partial charge is 0.337 e. The number of benzene rings is 3. The molecule has 0 bridgehead atoms. The van der Waals surface area contributed by atoms with Crippen LogP contribution in [0, 0.1) is 0 Å². The molecule has 3 aromatic carbocycles. The van der Waals surface area contributed by atoms with E-state index in [1.807, 2.05) is 24.3 Å². The van der Waals surface area contributed by atoms with Gasteiger partial charge >= 0.3 is 5.97 Å². The summed E-state index contributed by atoms with van der Waals surface area (Å²) < 4.78 is 6.48. The second kappa shape index (κ2) is 11.2. The average molecular weight is 560 g/mol. The Morgan fingerprint density at radius 1 is 1.00 bits per heavy atom. The molecule has 1 saturated heterocycles. The van der Waals surface area contributed by atoms with Crippen LogP contribution in [0.2, 0.25) is 5.02 Å². The lowest BCUT2D eigenvalue weighted by molar-refractivity contribution is -0.123. The fraction of sp³-hybridized carbons (Fsp3) is 0.103. The fourth-order valence-electron chi connectivity index (χ4n) is 4.26. The number of carbonyl (C=O) groups excluding carboxylic acids is 4. The van der Waals surface area contributed by atoms with Crippen molar-refractivity contribution < 1.29 is 23.9 Å². The number of nitrogens with zero attached hydrogens (tertiary/aromatic N) is 2. The van der Waals surface area contributed by atoms with E-state index in [2.05, 4.69) is 5.32 Å². The van der Waals surface area contributed by atoms with E-state index in [4.69, 9.17) is 16.3 Å². The summed E-state index contributed by atoms with van der Waals surface area (Å²) in [5, 5.41) is 3.78. The molecule has 0 atom stereocenters. The van der Waals surface area contributed by atoms with E-state index < -0.39 is 11.9 Å². The summed E-state index contributed by atoms with van der Waals surface area (Å²) in [6.07, 6.45) is 3.46. The van der Waals surface area contributed by atoms with Crippen LogP contribution in [0.1, 0.15) is 21.5 Å². The number of carbonyl (C=O) groups is 4. The number of aromatic nitrogens is 1. The number of thioether (sulfide) groups is 1. The highest BCUT2D eigenvalue weighted by atomic mass is 35.5. The molecule has 0 aliphatic carbocycles. The number of ether oxygens (including phenoxy) is 1. The molecule has 196 valence electrons. The molecule has 4 aromatic rings. The maximum Gasteiger partial charge on any atom is 0.337 e. The van der Waals surface area contributed by atoms with Crippen molar-refractivity contribution in [2.24, 2.45) is 0 Å². The second-order valence-electron chi connectivity index (χ2n) is 8.71. The summed E-state index contributed by atoms with van der Waals surface area (Å²) in [5.41, 5.74) is 3.12. The molecule has 1 fully saturated rings. The van der Waals surface area contributed by atoms with Gasteiger partial charge in [-0.3, -0.25) is 19.3 Å². The quantitative estimate of drug-likeness (QED) is 0.222. The first-order valence-corrected chi connectivity index (χ1v) is 13.1. The van der Waals surface area contributed by atoms with E-state index in [-0.39, 0.29) is 24.2 Å². The molecule has 39 heavy (non-hydrogen) atoms. The van der Waals surface area contributed by atoms with Crippen LogP contribution in [0.25, 0.3) is 17.0 Å². The molecule has 5 rings (SSSR count). The van der Waals surface area contributed by atoms with Crippen molar-refractivity contribution in [3.05, 3.63) is 106 Å². The van der Waals surface area contributed by atoms with Gasteiger partial charge in [0, 0.05) is 33.4 Å². The SMILES string of the molecule is COC(=O)c1ccc(NC(=O)Cn2cc(/C=C3\SC(=O)N(Cc4ccccc4Cl)C3=O)c3ccccc32)cc1. The Morgan fingerprint density at radius 3 is 2.46 bits per heavy atom. The van der Waals surface area contributed by atoms with Gasteiger partial charge in [-0.1, -0.05) is 48.0 Å². The molecule has 0 spiro atoms. The van der Waals surface area contributed by atoms with E-state index in [1.165, 1.54) is 12.0 Å². The van der Waals surface area contributed by atoms with E-state index in [0.29, 0.717) is 32.3 Å². The van der Waals surface area contributed by atoms with Gasteiger partial charge in [-0.2, -0.15) is 0 Å². The van der Waals surface area contributed by atoms with Gasteiger partial charge in [-0.05, 0) is 59.8 Å². The highest BCUT2D eigenvalue weighted by Gasteiger charge is 2.35. The monoisotopic (exact) mass is 559 g/mol. The van der Waals surface area contributed by atoms with Gasteiger partial charge in [0.05, 0.1) is 24.1 Å². The number of methoxy groups -OCH3 is 1. The van der Waals surface area contributed by atoms with Crippen molar-refractivity contribution in [3.8, 4) is 0 Å². The number of anilines is 1. The lowest BCUT2D eigenvalue weighted by Crippen LogP contribution is -2.27. The number of imide groups is 1. The average Bonchev–Trinajstić information content (AvgIpc) is 3.41. The third-order valence-corrected chi connectivity index (χ3v) is 7.45. The van der Waals surface area contributed by atoms with E-state index in [9.17, 15) is 19.2 Å². The number of fused-ring (bicyclic) bond motifs is 1. The van der Waals surface area contributed by atoms with Crippen molar-refractivity contribution in [3.63, 3.8) is 0 Å². The molecule has 3 amide bonds. The van der Waals surface area contributed by atoms with E-state index in [0.717, 1.165) is 22.7 Å². The van der Waals surface area contributed by atoms with Gasteiger partial charge in [0.2, 0.25) is 5.91 Å². The Balaban J connectivity index is 1.35. The first kappa shape index (κ1) is 26.3.